The number of anilines is 2. The number of nitrogens with zero attached hydrogens (tertiary/aromatic N) is 1. The van der Waals surface area contributed by atoms with Crippen LogP contribution in [0, 0.1) is 0 Å². The summed E-state index contributed by atoms with van der Waals surface area (Å²) in [5, 5.41) is 9.72. The van der Waals surface area contributed by atoms with Crippen LogP contribution in [0.5, 0.6) is 0 Å². The minimum Gasteiger partial charge on any atom is -0.464 e. The quantitative estimate of drug-likeness (QED) is 0.484. The topological polar surface area (TPSA) is 40.5 Å². The standard InChI is InChI=1S/C22H29NO2/c1-2-3-4-5-6-7-9-14-19-15-12-13-18-21(19)23(22(24)25)20-16-10-8-11-17-20/h8,10-13,15-18H,2-7,9,14H2,1H3,(H,24,25). The molecule has 2 aromatic rings. The summed E-state index contributed by atoms with van der Waals surface area (Å²) in [6.45, 7) is 2.23. The largest absolute Gasteiger partial charge is 0.464 e. The second-order valence-corrected chi connectivity index (χ2v) is 6.45. The van der Waals surface area contributed by atoms with Crippen LogP contribution in [0.3, 0.4) is 0 Å². The van der Waals surface area contributed by atoms with Crippen molar-refractivity contribution in [1.29, 1.82) is 0 Å². The average Bonchev–Trinajstić information content (AvgIpc) is 2.63. The van der Waals surface area contributed by atoms with Gasteiger partial charge in [0.2, 0.25) is 0 Å². The van der Waals surface area contributed by atoms with Gasteiger partial charge in [-0.05, 0) is 36.6 Å². The molecule has 2 rings (SSSR count). The molecule has 0 heterocycles. The number of rotatable bonds is 10. The number of amides is 1. The van der Waals surface area contributed by atoms with Crippen LogP contribution in [-0.2, 0) is 6.42 Å². The van der Waals surface area contributed by atoms with E-state index in [1.54, 1.807) is 0 Å². The molecular formula is C22H29NO2. The van der Waals surface area contributed by atoms with Crippen LogP contribution < -0.4 is 4.90 Å². The third-order valence-corrected chi connectivity index (χ3v) is 4.49. The molecule has 1 amide bonds. The molecule has 0 radical (unpaired) electrons. The lowest BCUT2D eigenvalue weighted by molar-refractivity contribution is 0.204. The molecule has 0 spiro atoms. The number of aryl methyl sites for hydroxylation is 1. The molecule has 0 aliphatic rings. The molecule has 0 saturated carbocycles. The van der Waals surface area contributed by atoms with E-state index in [1.165, 1.54) is 43.4 Å². The zero-order valence-electron chi connectivity index (χ0n) is 15.2. The highest BCUT2D eigenvalue weighted by Crippen LogP contribution is 2.29. The molecule has 3 nitrogen and oxygen atoms in total. The number of para-hydroxylation sites is 2. The van der Waals surface area contributed by atoms with E-state index in [0.717, 1.165) is 24.1 Å². The van der Waals surface area contributed by atoms with Gasteiger partial charge in [-0.1, -0.05) is 81.8 Å². The summed E-state index contributed by atoms with van der Waals surface area (Å²) in [6.07, 6.45) is 8.78. The fourth-order valence-corrected chi connectivity index (χ4v) is 3.14. The van der Waals surface area contributed by atoms with Crippen molar-refractivity contribution in [3.05, 3.63) is 60.2 Å². The third-order valence-electron chi connectivity index (χ3n) is 4.49. The zero-order chi connectivity index (χ0) is 17.9. The number of benzene rings is 2. The molecule has 0 fully saturated rings. The van der Waals surface area contributed by atoms with E-state index in [1.807, 2.05) is 54.6 Å². The average molecular weight is 339 g/mol. The smallest absolute Gasteiger partial charge is 0.416 e. The Morgan fingerprint density at radius 3 is 2.12 bits per heavy atom. The first-order chi connectivity index (χ1) is 12.2. The summed E-state index contributed by atoms with van der Waals surface area (Å²) in [5.74, 6) is 0. The number of carbonyl (C=O) groups is 1. The first kappa shape index (κ1) is 19.0. The van der Waals surface area contributed by atoms with Crippen LogP contribution in [0.15, 0.2) is 54.6 Å². The van der Waals surface area contributed by atoms with Crippen molar-refractivity contribution < 1.29 is 9.90 Å². The third kappa shape index (κ3) is 5.93. The fraction of sp³-hybridized carbons (Fsp3) is 0.409. The SMILES string of the molecule is CCCCCCCCCc1ccccc1N(C(=O)O)c1ccccc1. The molecular weight excluding hydrogens is 310 g/mol. The van der Waals surface area contributed by atoms with Crippen molar-refractivity contribution in [2.75, 3.05) is 4.90 Å². The second kappa shape index (κ2) is 10.5. The van der Waals surface area contributed by atoms with Crippen LogP contribution in [0.2, 0.25) is 0 Å². The van der Waals surface area contributed by atoms with Gasteiger partial charge in [0, 0.05) is 0 Å². The molecule has 0 saturated heterocycles. The monoisotopic (exact) mass is 339 g/mol. The highest BCUT2D eigenvalue weighted by molar-refractivity contribution is 5.95. The molecule has 0 bridgehead atoms. The van der Waals surface area contributed by atoms with Crippen LogP contribution in [0.4, 0.5) is 16.2 Å². The molecule has 0 aliphatic heterocycles. The van der Waals surface area contributed by atoms with Crippen LogP contribution >= 0.6 is 0 Å². The van der Waals surface area contributed by atoms with Gasteiger partial charge in [0.05, 0.1) is 11.4 Å². The Hall–Kier alpha value is -2.29. The van der Waals surface area contributed by atoms with Gasteiger partial charge in [0.25, 0.3) is 0 Å². The van der Waals surface area contributed by atoms with Crippen LogP contribution in [-0.4, -0.2) is 11.2 Å². The van der Waals surface area contributed by atoms with Crippen molar-refractivity contribution in [2.45, 2.75) is 58.3 Å². The summed E-state index contributed by atoms with van der Waals surface area (Å²) in [5.41, 5.74) is 2.55. The lowest BCUT2D eigenvalue weighted by atomic mass is 10.0. The molecule has 134 valence electrons. The van der Waals surface area contributed by atoms with E-state index in [9.17, 15) is 9.90 Å². The van der Waals surface area contributed by atoms with E-state index >= 15 is 0 Å². The maximum Gasteiger partial charge on any atom is 0.416 e. The van der Waals surface area contributed by atoms with Crippen molar-refractivity contribution in [1.82, 2.24) is 0 Å². The van der Waals surface area contributed by atoms with Gasteiger partial charge in [0.15, 0.2) is 0 Å². The van der Waals surface area contributed by atoms with Crippen molar-refractivity contribution in [3.8, 4) is 0 Å². The Bertz CT molecular complexity index is 639. The maximum atomic E-state index is 11.9. The molecule has 3 heteroatoms. The lowest BCUT2D eigenvalue weighted by Gasteiger charge is -2.22. The molecule has 0 aliphatic carbocycles. The van der Waals surface area contributed by atoms with E-state index in [0.29, 0.717) is 5.69 Å². The summed E-state index contributed by atoms with van der Waals surface area (Å²) in [4.78, 5) is 13.2. The van der Waals surface area contributed by atoms with E-state index in [4.69, 9.17) is 0 Å². The van der Waals surface area contributed by atoms with E-state index < -0.39 is 6.09 Å². The highest BCUT2D eigenvalue weighted by Gasteiger charge is 2.19. The summed E-state index contributed by atoms with van der Waals surface area (Å²) < 4.78 is 0. The molecule has 25 heavy (non-hydrogen) atoms. The first-order valence-electron chi connectivity index (χ1n) is 9.40. The lowest BCUT2D eigenvalue weighted by Crippen LogP contribution is -2.24. The summed E-state index contributed by atoms with van der Waals surface area (Å²) in [6, 6.07) is 17.1. The normalized spacial score (nSPS) is 10.6. The van der Waals surface area contributed by atoms with Gasteiger partial charge >= 0.3 is 6.09 Å². The molecule has 0 unspecified atom stereocenters. The van der Waals surface area contributed by atoms with E-state index in [2.05, 4.69) is 6.92 Å². The first-order valence-corrected chi connectivity index (χ1v) is 9.40. The van der Waals surface area contributed by atoms with Crippen LogP contribution in [0.1, 0.15) is 57.4 Å². The molecule has 0 atom stereocenters. The maximum absolute atomic E-state index is 11.9. The highest BCUT2D eigenvalue weighted by atomic mass is 16.4. The van der Waals surface area contributed by atoms with Gasteiger partial charge < -0.3 is 5.11 Å². The van der Waals surface area contributed by atoms with Crippen molar-refractivity contribution >= 4 is 17.5 Å². The molecule has 2 aromatic carbocycles. The number of carboxylic acid groups (broad SMARTS) is 1. The van der Waals surface area contributed by atoms with Crippen molar-refractivity contribution in [2.24, 2.45) is 0 Å². The van der Waals surface area contributed by atoms with Gasteiger partial charge in [-0.2, -0.15) is 0 Å². The Morgan fingerprint density at radius 1 is 0.840 bits per heavy atom. The number of hydrogen-bond donors (Lipinski definition) is 1. The van der Waals surface area contributed by atoms with Gasteiger partial charge in [-0.25, -0.2) is 9.69 Å². The predicted molar refractivity (Wildman–Crippen MR) is 105 cm³/mol. The van der Waals surface area contributed by atoms with Crippen molar-refractivity contribution in [3.63, 3.8) is 0 Å². The van der Waals surface area contributed by atoms with Gasteiger partial charge in [0.1, 0.15) is 0 Å². The fourth-order valence-electron chi connectivity index (χ4n) is 3.14. The second-order valence-electron chi connectivity index (χ2n) is 6.45. The zero-order valence-corrected chi connectivity index (χ0v) is 15.2. The summed E-state index contributed by atoms with van der Waals surface area (Å²) in [7, 11) is 0. The van der Waals surface area contributed by atoms with Gasteiger partial charge in [-0.15, -0.1) is 0 Å². The molecule has 0 aromatic heterocycles. The minimum atomic E-state index is -0.946. The molecule has 1 N–H and O–H groups in total. The predicted octanol–water partition coefficient (Wildman–Crippen LogP) is 6.80. The Labute approximate surface area is 151 Å². The number of unbranched alkanes of at least 4 members (excludes halogenated alkanes) is 6. The Balaban J connectivity index is 2.02. The summed E-state index contributed by atoms with van der Waals surface area (Å²) >= 11 is 0. The Kier molecular flexibility index (Phi) is 8.03. The van der Waals surface area contributed by atoms with Crippen LogP contribution in [0.25, 0.3) is 0 Å². The van der Waals surface area contributed by atoms with E-state index in [-0.39, 0.29) is 0 Å². The minimum absolute atomic E-state index is 0.682. The number of hydrogen-bond acceptors (Lipinski definition) is 1. The Morgan fingerprint density at radius 2 is 1.44 bits per heavy atom. The van der Waals surface area contributed by atoms with Gasteiger partial charge in [-0.3, -0.25) is 0 Å².